The van der Waals surface area contributed by atoms with E-state index in [0.29, 0.717) is 18.6 Å². The summed E-state index contributed by atoms with van der Waals surface area (Å²) in [5.41, 5.74) is 6.25. The van der Waals surface area contributed by atoms with E-state index in [1.54, 1.807) is 0 Å². The quantitative estimate of drug-likeness (QED) is 0.688. The van der Waals surface area contributed by atoms with E-state index in [1.807, 2.05) is 0 Å². The van der Waals surface area contributed by atoms with Crippen molar-refractivity contribution in [1.29, 1.82) is 0 Å². The van der Waals surface area contributed by atoms with Gasteiger partial charge in [-0.15, -0.1) is 0 Å². The third-order valence-electron chi connectivity index (χ3n) is 5.35. The van der Waals surface area contributed by atoms with Crippen molar-refractivity contribution < 1.29 is 5.11 Å². The van der Waals surface area contributed by atoms with Crippen molar-refractivity contribution in [3.05, 3.63) is 0 Å². The van der Waals surface area contributed by atoms with Crippen molar-refractivity contribution >= 4 is 0 Å². The van der Waals surface area contributed by atoms with Crippen LogP contribution in [0, 0.1) is 5.92 Å². The third kappa shape index (κ3) is 3.94. The zero-order valence-electron chi connectivity index (χ0n) is 13.1. The molecular weight excluding hydrogens is 250 g/mol. The van der Waals surface area contributed by atoms with Crippen LogP contribution in [0.25, 0.3) is 0 Å². The summed E-state index contributed by atoms with van der Waals surface area (Å²) in [6, 6.07) is 0.473. The normalized spacial score (nSPS) is 36.1. The molecule has 4 N–H and O–H groups in total. The molecule has 1 saturated heterocycles. The van der Waals surface area contributed by atoms with Crippen molar-refractivity contribution in [3.8, 4) is 0 Å². The Morgan fingerprint density at radius 1 is 1.25 bits per heavy atom. The van der Waals surface area contributed by atoms with Gasteiger partial charge in [-0.05, 0) is 64.1 Å². The maximum Gasteiger partial charge on any atom is 0.0474 e. The molecule has 3 unspecified atom stereocenters. The monoisotopic (exact) mass is 283 g/mol. The Kier molecular flexibility index (Phi) is 6.27. The lowest BCUT2D eigenvalue weighted by molar-refractivity contribution is 0.170. The molecular formula is C16H33N3O. The van der Waals surface area contributed by atoms with Crippen LogP contribution in [0.5, 0.6) is 0 Å². The Bertz CT molecular complexity index is 287. The molecule has 0 aromatic rings. The molecule has 20 heavy (non-hydrogen) atoms. The number of nitrogens with one attached hydrogen (secondary N) is 1. The van der Waals surface area contributed by atoms with Crippen LogP contribution in [-0.4, -0.2) is 54.4 Å². The Morgan fingerprint density at radius 2 is 2.10 bits per heavy atom. The van der Waals surface area contributed by atoms with Gasteiger partial charge in [-0.3, -0.25) is 0 Å². The number of hydrogen-bond donors (Lipinski definition) is 3. The zero-order valence-corrected chi connectivity index (χ0v) is 13.1. The molecule has 4 nitrogen and oxygen atoms in total. The Labute approximate surface area is 124 Å². The molecule has 0 aromatic heterocycles. The lowest BCUT2D eigenvalue weighted by Crippen LogP contribution is -2.56. The molecule has 2 fully saturated rings. The van der Waals surface area contributed by atoms with Crippen LogP contribution in [-0.2, 0) is 0 Å². The van der Waals surface area contributed by atoms with Gasteiger partial charge in [0, 0.05) is 24.7 Å². The molecule has 2 rings (SSSR count). The summed E-state index contributed by atoms with van der Waals surface area (Å²) in [6.07, 6.45) is 8.41. The van der Waals surface area contributed by atoms with Crippen molar-refractivity contribution in [1.82, 2.24) is 10.2 Å². The molecule has 0 bridgehead atoms. The van der Waals surface area contributed by atoms with E-state index in [1.165, 1.54) is 45.2 Å². The number of likely N-dealkylation sites (tertiary alicyclic amines) is 1. The molecule has 1 heterocycles. The van der Waals surface area contributed by atoms with Crippen molar-refractivity contribution in [2.45, 2.75) is 63.5 Å². The fraction of sp³-hybridized carbons (Fsp3) is 1.00. The van der Waals surface area contributed by atoms with Gasteiger partial charge in [0.25, 0.3) is 0 Å². The average molecular weight is 283 g/mol. The van der Waals surface area contributed by atoms with E-state index in [-0.39, 0.29) is 5.54 Å². The fourth-order valence-electron chi connectivity index (χ4n) is 4.04. The largest absolute Gasteiger partial charge is 0.396 e. The first-order chi connectivity index (χ1) is 9.73. The first-order valence-corrected chi connectivity index (χ1v) is 8.54. The predicted octanol–water partition coefficient (Wildman–Crippen LogP) is 1.33. The smallest absolute Gasteiger partial charge is 0.0474 e. The molecule has 1 aliphatic heterocycles. The van der Waals surface area contributed by atoms with Crippen molar-refractivity contribution in [2.75, 3.05) is 32.8 Å². The van der Waals surface area contributed by atoms with Crippen molar-refractivity contribution in [3.63, 3.8) is 0 Å². The van der Waals surface area contributed by atoms with Gasteiger partial charge in [-0.25, -0.2) is 0 Å². The van der Waals surface area contributed by atoms with E-state index in [0.717, 1.165) is 25.9 Å². The molecule has 0 radical (unpaired) electrons. The van der Waals surface area contributed by atoms with Gasteiger partial charge in [0.05, 0.1) is 0 Å². The van der Waals surface area contributed by atoms with E-state index >= 15 is 0 Å². The number of aliphatic hydroxyl groups excluding tert-OH is 1. The van der Waals surface area contributed by atoms with Gasteiger partial charge in [-0.1, -0.05) is 13.3 Å². The third-order valence-corrected chi connectivity index (χ3v) is 5.35. The minimum absolute atomic E-state index is 0.102. The number of rotatable bonds is 6. The van der Waals surface area contributed by atoms with E-state index < -0.39 is 0 Å². The van der Waals surface area contributed by atoms with Gasteiger partial charge < -0.3 is 21.1 Å². The van der Waals surface area contributed by atoms with E-state index in [9.17, 15) is 5.11 Å². The lowest BCUT2D eigenvalue weighted by Gasteiger charge is -2.37. The Morgan fingerprint density at radius 3 is 2.80 bits per heavy atom. The summed E-state index contributed by atoms with van der Waals surface area (Å²) < 4.78 is 0. The molecule has 2 aliphatic rings. The number of hydrogen-bond acceptors (Lipinski definition) is 4. The summed E-state index contributed by atoms with van der Waals surface area (Å²) in [5.74, 6) is 0.438. The summed E-state index contributed by atoms with van der Waals surface area (Å²) in [7, 11) is 0. The Balaban J connectivity index is 1.94. The van der Waals surface area contributed by atoms with Gasteiger partial charge in [0.15, 0.2) is 0 Å². The zero-order chi connectivity index (χ0) is 14.4. The minimum atomic E-state index is 0.102. The second kappa shape index (κ2) is 7.74. The van der Waals surface area contributed by atoms with Crippen LogP contribution in [0.3, 0.4) is 0 Å². The first-order valence-electron chi connectivity index (χ1n) is 8.54. The number of aliphatic hydroxyl groups is 1. The first kappa shape index (κ1) is 16.2. The molecule has 118 valence electrons. The van der Waals surface area contributed by atoms with E-state index in [2.05, 4.69) is 17.1 Å². The van der Waals surface area contributed by atoms with Gasteiger partial charge in [0.2, 0.25) is 0 Å². The fourth-order valence-corrected chi connectivity index (χ4v) is 4.04. The van der Waals surface area contributed by atoms with Gasteiger partial charge in [-0.2, -0.15) is 0 Å². The molecule has 0 amide bonds. The second-order valence-electron chi connectivity index (χ2n) is 6.80. The molecule has 3 atom stereocenters. The second-order valence-corrected chi connectivity index (χ2v) is 6.80. The van der Waals surface area contributed by atoms with Crippen LogP contribution in [0.15, 0.2) is 0 Å². The highest BCUT2D eigenvalue weighted by atomic mass is 16.3. The molecule has 1 saturated carbocycles. The summed E-state index contributed by atoms with van der Waals surface area (Å²) in [4.78, 5) is 2.58. The van der Waals surface area contributed by atoms with Crippen LogP contribution in [0.1, 0.15) is 51.9 Å². The van der Waals surface area contributed by atoms with Crippen LogP contribution >= 0.6 is 0 Å². The van der Waals surface area contributed by atoms with Crippen LogP contribution in [0.4, 0.5) is 0 Å². The van der Waals surface area contributed by atoms with Crippen LogP contribution in [0.2, 0.25) is 0 Å². The summed E-state index contributed by atoms with van der Waals surface area (Å²) >= 11 is 0. The molecule has 0 aromatic carbocycles. The number of nitrogens with zero attached hydrogens (tertiary/aromatic N) is 1. The Hall–Kier alpha value is -0.160. The summed E-state index contributed by atoms with van der Waals surface area (Å²) in [6.45, 7) is 6.88. The molecule has 4 heteroatoms. The maximum atomic E-state index is 9.51. The maximum absolute atomic E-state index is 9.51. The molecule has 0 spiro atoms. The van der Waals surface area contributed by atoms with E-state index in [4.69, 9.17) is 5.73 Å². The standard InChI is InChI=1S/C16H33N3O/c1-2-9-19-10-4-7-16(13-17,8-11-19)18-15-6-3-5-14(15)12-20/h14-15,18,20H,2-13,17H2,1H3. The van der Waals surface area contributed by atoms with Crippen LogP contribution < -0.4 is 11.1 Å². The highest BCUT2D eigenvalue weighted by Crippen LogP contribution is 2.30. The lowest BCUT2D eigenvalue weighted by atomic mass is 9.88. The average Bonchev–Trinajstić information content (AvgIpc) is 2.81. The summed E-state index contributed by atoms with van der Waals surface area (Å²) in [5, 5.41) is 13.4. The highest BCUT2D eigenvalue weighted by molar-refractivity contribution is 4.97. The minimum Gasteiger partial charge on any atom is -0.396 e. The van der Waals surface area contributed by atoms with Crippen molar-refractivity contribution in [2.24, 2.45) is 11.7 Å². The van der Waals surface area contributed by atoms with Gasteiger partial charge in [0.1, 0.15) is 0 Å². The number of nitrogens with two attached hydrogens (primary N) is 1. The topological polar surface area (TPSA) is 61.5 Å². The highest BCUT2D eigenvalue weighted by Gasteiger charge is 2.36. The SMILES string of the molecule is CCCN1CCCC(CN)(NC2CCCC2CO)CC1. The predicted molar refractivity (Wildman–Crippen MR) is 83.7 cm³/mol. The molecule has 1 aliphatic carbocycles. The van der Waals surface area contributed by atoms with Gasteiger partial charge >= 0.3 is 0 Å².